The molecular weight excluding hydrogens is 244 g/mol. The molecule has 0 unspecified atom stereocenters. The van der Waals surface area contributed by atoms with Crippen LogP contribution in [0.15, 0.2) is 28.4 Å². The number of hydrogen-bond donors (Lipinski definition) is 1. The highest BCUT2D eigenvalue weighted by Gasteiger charge is 2.34. The lowest BCUT2D eigenvalue weighted by molar-refractivity contribution is 0.247. The van der Waals surface area contributed by atoms with E-state index in [1.54, 1.807) is 23.9 Å². The maximum absolute atomic E-state index is 6.53. The van der Waals surface area contributed by atoms with Gasteiger partial charge in [0.15, 0.2) is 0 Å². The van der Waals surface area contributed by atoms with E-state index in [-0.39, 0.29) is 5.54 Å². The molecule has 0 aromatic carbocycles. The van der Waals surface area contributed by atoms with Crippen LogP contribution in [-0.4, -0.2) is 4.98 Å². The molecule has 3 nitrogen and oxygen atoms in total. The fourth-order valence-electron chi connectivity index (χ4n) is 2.54. The second-order valence-corrected chi connectivity index (χ2v) is 6.25. The first-order valence-electron chi connectivity index (χ1n) is 6.45. The summed E-state index contributed by atoms with van der Waals surface area (Å²) in [6.07, 6.45) is 7.91. The van der Waals surface area contributed by atoms with E-state index in [9.17, 15) is 0 Å². The van der Waals surface area contributed by atoms with Crippen LogP contribution in [0.5, 0.6) is 0 Å². The predicted molar refractivity (Wildman–Crippen MR) is 73.3 cm³/mol. The van der Waals surface area contributed by atoms with Crippen LogP contribution in [0.4, 0.5) is 0 Å². The standard InChI is InChI=1S/C14H18N2OS/c1-10-2-5-14(15,6-3-10)13-16-12(9-18-13)11-4-7-17-8-11/h4,7-10H,2-3,5-6,15H2,1H3. The molecule has 0 aliphatic heterocycles. The molecule has 1 aliphatic carbocycles. The van der Waals surface area contributed by atoms with Crippen LogP contribution < -0.4 is 5.73 Å². The Bertz CT molecular complexity index is 510. The van der Waals surface area contributed by atoms with Gasteiger partial charge >= 0.3 is 0 Å². The Morgan fingerprint density at radius 3 is 2.89 bits per heavy atom. The van der Waals surface area contributed by atoms with Crippen molar-refractivity contribution < 1.29 is 4.42 Å². The van der Waals surface area contributed by atoms with E-state index in [4.69, 9.17) is 15.1 Å². The summed E-state index contributed by atoms with van der Waals surface area (Å²) in [5.41, 5.74) is 8.34. The molecule has 2 aromatic rings. The van der Waals surface area contributed by atoms with Crippen LogP contribution in [0.25, 0.3) is 11.3 Å². The number of aromatic nitrogens is 1. The van der Waals surface area contributed by atoms with Crippen molar-refractivity contribution in [2.24, 2.45) is 11.7 Å². The third kappa shape index (κ3) is 2.10. The SMILES string of the molecule is CC1CCC(N)(c2nc(-c3ccoc3)cs2)CC1. The number of rotatable bonds is 2. The van der Waals surface area contributed by atoms with Crippen molar-refractivity contribution in [2.45, 2.75) is 38.1 Å². The monoisotopic (exact) mass is 262 g/mol. The molecule has 0 radical (unpaired) electrons. The first-order chi connectivity index (χ1) is 8.67. The summed E-state index contributed by atoms with van der Waals surface area (Å²) in [4.78, 5) is 4.71. The Kier molecular flexibility index (Phi) is 2.99. The van der Waals surface area contributed by atoms with E-state index in [0.29, 0.717) is 0 Å². The van der Waals surface area contributed by atoms with Gasteiger partial charge in [0.05, 0.1) is 23.8 Å². The summed E-state index contributed by atoms with van der Waals surface area (Å²) >= 11 is 1.68. The van der Waals surface area contributed by atoms with Gasteiger partial charge in [-0.05, 0) is 37.7 Å². The lowest BCUT2D eigenvalue weighted by atomic mass is 9.78. The molecule has 4 heteroatoms. The van der Waals surface area contributed by atoms with E-state index >= 15 is 0 Å². The minimum absolute atomic E-state index is 0.209. The molecule has 0 spiro atoms. The smallest absolute Gasteiger partial charge is 0.113 e. The third-order valence-corrected chi connectivity index (χ3v) is 4.98. The third-order valence-electron chi connectivity index (χ3n) is 3.91. The Labute approximate surface area is 111 Å². The maximum atomic E-state index is 6.53. The molecule has 2 N–H and O–H groups in total. The van der Waals surface area contributed by atoms with Crippen molar-refractivity contribution in [3.05, 3.63) is 29.0 Å². The Morgan fingerprint density at radius 2 is 2.22 bits per heavy atom. The molecule has 2 heterocycles. The summed E-state index contributed by atoms with van der Waals surface area (Å²) in [6.45, 7) is 2.30. The molecule has 0 atom stereocenters. The summed E-state index contributed by atoms with van der Waals surface area (Å²) < 4.78 is 5.10. The van der Waals surface area contributed by atoms with Crippen LogP contribution in [0.1, 0.15) is 37.6 Å². The fourth-order valence-corrected chi connectivity index (χ4v) is 3.54. The molecule has 0 bridgehead atoms. The number of thiazole rings is 1. The molecule has 0 saturated heterocycles. The van der Waals surface area contributed by atoms with Crippen molar-refractivity contribution in [1.82, 2.24) is 4.98 Å². The zero-order valence-corrected chi connectivity index (χ0v) is 11.4. The average Bonchev–Trinajstić information content (AvgIpc) is 3.01. The highest BCUT2D eigenvalue weighted by Crippen LogP contribution is 2.39. The first-order valence-corrected chi connectivity index (χ1v) is 7.33. The van der Waals surface area contributed by atoms with Gasteiger partial charge in [-0.15, -0.1) is 11.3 Å². The molecule has 1 aliphatic rings. The van der Waals surface area contributed by atoms with Gasteiger partial charge in [0.2, 0.25) is 0 Å². The van der Waals surface area contributed by atoms with Gasteiger partial charge in [0.25, 0.3) is 0 Å². The number of hydrogen-bond acceptors (Lipinski definition) is 4. The number of furan rings is 1. The van der Waals surface area contributed by atoms with Crippen molar-refractivity contribution in [3.63, 3.8) is 0 Å². The van der Waals surface area contributed by atoms with Crippen LogP contribution >= 0.6 is 11.3 Å². The topological polar surface area (TPSA) is 52.0 Å². The van der Waals surface area contributed by atoms with Crippen molar-refractivity contribution >= 4 is 11.3 Å². The highest BCUT2D eigenvalue weighted by molar-refractivity contribution is 7.10. The zero-order valence-electron chi connectivity index (χ0n) is 10.6. The minimum atomic E-state index is -0.209. The van der Waals surface area contributed by atoms with E-state index in [2.05, 4.69) is 12.3 Å². The molecule has 0 amide bonds. The van der Waals surface area contributed by atoms with Crippen LogP contribution in [-0.2, 0) is 5.54 Å². The van der Waals surface area contributed by atoms with Gasteiger partial charge in [-0.25, -0.2) is 4.98 Å². The number of nitrogens with zero attached hydrogens (tertiary/aromatic N) is 1. The second-order valence-electron chi connectivity index (χ2n) is 5.39. The summed E-state index contributed by atoms with van der Waals surface area (Å²) in [5, 5.41) is 3.15. The Balaban J connectivity index is 1.85. The van der Waals surface area contributed by atoms with E-state index in [1.807, 2.05) is 6.07 Å². The first kappa shape index (κ1) is 11.9. The van der Waals surface area contributed by atoms with Crippen molar-refractivity contribution in [3.8, 4) is 11.3 Å². The lowest BCUT2D eigenvalue weighted by Crippen LogP contribution is -2.40. The quantitative estimate of drug-likeness (QED) is 0.896. The Morgan fingerprint density at radius 1 is 1.44 bits per heavy atom. The van der Waals surface area contributed by atoms with Gasteiger partial charge in [-0.2, -0.15) is 0 Å². The molecule has 1 saturated carbocycles. The van der Waals surface area contributed by atoms with Crippen LogP contribution in [0.3, 0.4) is 0 Å². The van der Waals surface area contributed by atoms with E-state index < -0.39 is 0 Å². The molecule has 2 aromatic heterocycles. The zero-order chi connectivity index (χ0) is 12.6. The van der Waals surface area contributed by atoms with Crippen molar-refractivity contribution in [2.75, 3.05) is 0 Å². The average molecular weight is 262 g/mol. The van der Waals surface area contributed by atoms with Gasteiger partial charge in [-0.3, -0.25) is 0 Å². The van der Waals surface area contributed by atoms with Gasteiger partial charge < -0.3 is 10.2 Å². The lowest BCUT2D eigenvalue weighted by Gasteiger charge is -2.34. The summed E-state index contributed by atoms with van der Waals surface area (Å²) in [6, 6.07) is 1.94. The van der Waals surface area contributed by atoms with E-state index in [1.165, 1.54) is 12.8 Å². The molecule has 96 valence electrons. The molecular formula is C14H18N2OS. The van der Waals surface area contributed by atoms with Gasteiger partial charge in [0.1, 0.15) is 5.01 Å². The summed E-state index contributed by atoms with van der Waals surface area (Å²) in [5.74, 6) is 0.801. The van der Waals surface area contributed by atoms with Gasteiger partial charge in [0, 0.05) is 10.9 Å². The second kappa shape index (κ2) is 4.52. The largest absolute Gasteiger partial charge is 0.472 e. The van der Waals surface area contributed by atoms with E-state index in [0.717, 1.165) is 35.0 Å². The highest BCUT2D eigenvalue weighted by atomic mass is 32.1. The molecule has 1 fully saturated rings. The van der Waals surface area contributed by atoms with Crippen molar-refractivity contribution in [1.29, 1.82) is 0 Å². The Hall–Kier alpha value is -1.13. The molecule has 18 heavy (non-hydrogen) atoms. The normalized spacial score (nSPS) is 28.4. The number of nitrogens with two attached hydrogens (primary N) is 1. The maximum Gasteiger partial charge on any atom is 0.113 e. The minimum Gasteiger partial charge on any atom is -0.472 e. The molecule has 3 rings (SSSR count). The fraction of sp³-hybridized carbons (Fsp3) is 0.500. The predicted octanol–water partition coefficient (Wildman–Crippen LogP) is 3.77. The van der Waals surface area contributed by atoms with Crippen LogP contribution in [0, 0.1) is 5.92 Å². The van der Waals surface area contributed by atoms with Crippen LogP contribution in [0.2, 0.25) is 0 Å². The van der Waals surface area contributed by atoms with Gasteiger partial charge in [-0.1, -0.05) is 6.92 Å². The summed E-state index contributed by atoms with van der Waals surface area (Å²) in [7, 11) is 0.